The van der Waals surface area contributed by atoms with E-state index in [2.05, 4.69) is 5.10 Å². The summed E-state index contributed by atoms with van der Waals surface area (Å²) in [5.41, 5.74) is 2.13. The zero-order chi connectivity index (χ0) is 21.5. The Kier molecular flexibility index (Phi) is 5.13. The lowest BCUT2D eigenvalue weighted by molar-refractivity contribution is 0.0734. The molecule has 154 valence electrons. The third kappa shape index (κ3) is 4.09. The lowest BCUT2D eigenvalue weighted by Crippen LogP contribution is -2.16. The number of nitrogens with zero attached hydrogens (tertiary/aromatic N) is 2. The van der Waals surface area contributed by atoms with Crippen LogP contribution in [-0.4, -0.2) is 29.6 Å². The Morgan fingerprint density at radius 2 is 1.63 bits per heavy atom. The number of aromatic nitrogens is 2. The Balaban J connectivity index is 1.81. The molecule has 0 saturated carbocycles. The molecule has 1 N–H and O–H groups in total. The van der Waals surface area contributed by atoms with E-state index in [0.717, 1.165) is 26.7 Å². The van der Waals surface area contributed by atoms with Gasteiger partial charge in [-0.05, 0) is 61.9 Å². The van der Waals surface area contributed by atoms with E-state index in [9.17, 15) is 13.5 Å². The summed E-state index contributed by atoms with van der Waals surface area (Å²) in [5, 5.41) is 15.1. The maximum Gasteiger partial charge on any atom is 0.175 e. The molecule has 4 rings (SSSR count). The lowest BCUT2D eigenvalue weighted by atomic mass is 10.1. The van der Waals surface area contributed by atoms with Gasteiger partial charge >= 0.3 is 0 Å². The molecular formula is C23H22N2O3S2. The SMILES string of the molecule is CC(C)(O)c1cc(-c2ccc(-c3cccc(S(C)(=O)=O)c3)s2)n(-c2ccccc2)n1. The van der Waals surface area contributed by atoms with Crippen LogP contribution in [0.2, 0.25) is 0 Å². The molecule has 4 aromatic rings. The minimum Gasteiger partial charge on any atom is -0.384 e. The second kappa shape index (κ2) is 7.50. The summed E-state index contributed by atoms with van der Waals surface area (Å²) >= 11 is 1.55. The summed E-state index contributed by atoms with van der Waals surface area (Å²) < 4.78 is 25.6. The molecule has 2 heterocycles. The summed E-state index contributed by atoms with van der Waals surface area (Å²) in [7, 11) is -3.27. The van der Waals surface area contributed by atoms with Crippen molar-refractivity contribution >= 4 is 21.2 Å². The van der Waals surface area contributed by atoms with Crippen molar-refractivity contribution < 1.29 is 13.5 Å². The van der Waals surface area contributed by atoms with Crippen molar-refractivity contribution in [1.29, 1.82) is 0 Å². The fourth-order valence-corrected chi connectivity index (χ4v) is 4.80. The van der Waals surface area contributed by atoms with Crippen molar-refractivity contribution in [2.24, 2.45) is 0 Å². The van der Waals surface area contributed by atoms with Crippen LogP contribution in [0, 0.1) is 0 Å². The average Bonchev–Trinajstić information content (AvgIpc) is 3.35. The van der Waals surface area contributed by atoms with Gasteiger partial charge in [0.25, 0.3) is 0 Å². The minimum atomic E-state index is -3.27. The Morgan fingerprint density at radius 1 is 0.933 bits per heavy atom. The highest BCUT2D eigenvalue weighted by Crippen LogP contribution is 2.37. The predicted molar refractivity (Wildman–Crippen MR) is 121 cm³/mol. The molecule has 0 fully saturated rings. The van der Waals surface area contributed by atoms with Crippen molar-refractivity contribution in [3.63, 3.8) is 0 Å². The number of benzene rings is 2. The molecule has 0 unspecified atom stereocenters. The van der Waals surface area contributed by atoms with E-state index in [1.807, 2.05) is 59.3 Å². The van der Waals surface area contributed by atoms with E-state index in [1.165, 1.54) is 6.26 Å². The van der Waals surface area contributed by atoms with Gasteiger partial charge in [0.15, 0.2) is 9.84 Å². The summed E-state index contributed by atoms with van der Waals surface area (Å²) in [6.45, 7) is 3.43. The number of rotatable bonds is 5. The largest absolute Gasteiger partial charge is 0.384 e. The van der Waals surface area contributed by atoms with E-state index >= 15 is 0 Å². The normalized spacial score (nSPS) is 12.3. The van der Waals surface area contributed by atoms with Gasteiger partial charge in [-0.15, -0.1) is 11.3 Å². The maximum atomic E-state index is 11.9. The third-order valence-electron chi connectivity index (χ3n) is 4.74. The van der Waals surface area contributed by atoms with Crippen molar-refractivity contribution in [3.05, 3.63) is 78.5 Å². The first kappa shape index (κ1) is 20.5. The molecule has 2 aromatic carbocycles. The van der Waals surface area contributed by atoms with Crippen LogP contribution < -0.4 is 0 Å². The smallest absolute Gasteiger partial charge is 0.175 e. The Hall–Kier alpha value is -2.74. The molecular weight excluding hydrogens is 416 g/mol. The van der Waals surface area contributed by atoms with Gasteiger partial charge in [0, 0.05) is 11.1 Å². The van der Waals surface area contributed by atoms with Gasteiger partial charge in [0.2, 0.25) is 0 Å². The monoisotopic (exact) mass is 438 g/mol. The van der Waals surface area contributed by atoms with Crippen LogP contribution in [0.1, 0.15) is 19.5 Å². The van der Waals surface area contributed by atoms with Crippen molar-refractivity contribution in [3.8, 4) is 26.7 Å². The number of thiophene rings is 1. The summed E-state index contributed by atoms with van der Waals surface area (Å²) in [6, 6.07) is 22.6. The highest BCUT2D eigenvalue weighted by molar-refractivity contribution is 7.90. The molecule has 0 atom stereocenters. The van der Waals surface area contributed by atoms with Gasteiger partial charge in [0.05, 0.1) is 26.8 Å². The van der Waals surface area contributed by atoms with Gasteiger partial charge in [-0.25, -0.2) is 13.1 Å². The van der Waals surface area contributed by atoms with E-state index in [0.29, 0.717) is 10.6 Å². The van der Waals surface area contributed by atoms with Crippen molar-refractivity contribution in [2.45, 2.75) is 24.3 Å². The first-order valence-corrected chi connectivity index (χ1v) is 12.1. The van der Waals surface area contributed by atoms with Crippen LogP contribution in [0.3, 0.4) is 0 Å². The van der Waals surface area contributed by atoms with Crippen LogP contribution in [-0.2, 0) is 15.4 Å². The van der Waals surface area contributed by atoms with E-state index in [-0.39, 0.29) is 0 Å². The molecule has 0 aliphatic carbocycles. The Morgan fingerprint density at radius 3 is 2.30 bits per heavy atom. The molecule has 2 aromatic heterocycles. The van der Waals surface area contributed by atoms with Crippen molar-refractivity contribution in [1.82, 2.24) is 9.78 Å². The fourth-order valence-electron chi connectivity index (χ4n) is 3.13. The van der Waals surface area contributed by atoms with Crippen LogP contribution in [0.15, 0.2) is 77.7 Å². The zero-order valence-corrected chi connectivity index (χ0v) is 18.5. The van der Waals surface area contributed by atoms with Crippen LogP contribution in [0.4, 0.5) is 0 Å². The second-order valence-electron chi connectivity index (χ2n) is 7.69. The zero-order valence-electron chi connectivity index (χ0n) is 16.9. The van der Waals surface area contributed by atoms with Gasteiger partial charge in [-0.2, -0.15) is 5.10 Å². The molecule has 0 spiro atoms. The lowest BCUT2D eigenvalue weighted by Gasteiger charge is -2.13. The first-order chi connectivity index (χ1) is 14.1. The summed E-state index contributed by atoms with van der Waals surface area (Å²) in [5.74, 6) is 0. The second-order valence-corrected chi connectivity index (χ2v) is 10.8. The van der Waals surface area contributed by atoms with Gasteiger partial charge in [0.1, 0.15) is 5.60 Å². The summed E-state index contributed by atoms with van der Waals surface area (Å²) in [4.78, 5) is 2.23. The molecule has 0 bridgehead atoms. The first-order valence-electron chi connectivity index (χ1n) is 9.42. The molecule has 0 amide bonds. The standard InChI is InChI=1S/C23H22N2O3S2/c1-23(2,26)22-15-19(25(24-22)17-9-5-4-6-10-17)21-13-12-20(29-21)16-8-7-11-18(14-16)30(3,27)28/h4-15,26H,1-3H3. The highest BCUT2D eigenvalue weighted by atomic mass is 32.2. The molecule has 0 saturated heterocycles. The predicted octanol–water partition coefficient (Wildman–Crippen LogP) is 4.90. The fraction of sp³-hybridized carbons (Fsp3) is 0.174. The topological polar surface area (TPSA) is 72.2 Å². The van der Waals surface area contributed by atoms with Gasteiger partial charge in [-0.1, -0.05) is 30.3 Å². The number of aliphatic hydroxyl groups is 1. The van der Waals surface area contributed by atoms with Crippen molar-refractivity contribution in [2.75, 3.05) is 6.26 Å². The highest BCUT2D eigenvalue weighted by Gasteiger charge is 2.23. The van der Waals surface area contributed by atoms with E-state index in [1.54, 1.807) is 43.4 Å². The van der Waals surface area contributed by atoms with Crippen LogP contribution in [0.25, 0.3) is 26.7 Å². The molecule has 30 heavy (non-hydrogen) atoms. The minimum absolute atomic E-state index is 0.300. The molecule has 5 nitrogen and oxygen atoms in total. The number of para-hydroxylation sites is 1. The van der Waals surface area contributed by atoms with Crippen LogP contribution in [0.5, 0.6) is 0 Å². The molecule has 7 heteroatoms. The Bertz CT molecular complexity index is 1300. The van der Waals surface area contributed by atoms with E-state index < -0.39 is 15.4 Å². The van der Waals surface area contributed by atoms with Gasteiger partial charge in [-0.3, -0.25) is 0 Å². The molecule has 0 aliphatic rings. The maximum absolute atomic E-state index is 11.9. The quantitative estimate of drug-likeness (QED) is 0.481. The van der Waals surface area contributed by atoms with Crippen LogP contribution >= 0.6 is 11.3 Å². The Labute approximate surface area is 180 Å². The molecule has 0 radical (unpaired) electrons. The average molecular weight is 439 g/mol. The number of hydrogen-bond acceptors (Lipinski definition) is 5. The van der Waals surface area contributed by atoms with E-state index in [4.69, 9.17) is 0 Å². The molecule has 0 aliphatic heterocycles. The number of hydrogen-bond donors (Lipinski definition) is 1. The van der Waals surface area contributed by atoms with Gasteiger partial charge < -0.3 is 5.11 Å². The number of sulfone groups is 1. The third-order valence-corrected chi connectivity index (χ3v) is 7.01. The summed E-state index contributed by atoms with van der Waals surface area (Å²) in [6.07, 6.45) is 1.21.